The maximum atomic E-state index is 12.9. The van der Waals surface area contributed by atoms with E-state index >= 15 is 0 Å². The maximum Gasteiger partial charge on any atom is 0.471 e. The number of amides is 2. The first-order valence-corrected chi connectivity index (χ1v) is 14.7. The van der Waals surface area contributed by atoms with Crippen LogP contribution in [0, 0.1) is 5.92 Å². The van der Waals surface area contributed by atoms with Gasteiger partial charge < -0.3 is 29.5 Å². The summed E-state index contributed by atoms with van der Waals surface area (Å²) in [6.07, 6.45) is -5.49. The number of benzene rings is 2. The van der Waals surface area contributed by atoms with E-state index < -0.39 is 30.3 Å². The number of alkyl halides is 3. The van der Waals surface area contributed by atoms with Crippen LogP contribution in [0.25, 0.3) is 0 Å². The molecule has 0 spiro atoms. The number of aliphatic hydroxyl groups excluding tert-OH is 1. The molecule has 3 fully saturated rings. The quantitative estimate of drug-likeness (QED) is 0.476. The standard InChI is InChI=1S/C31H38F3N3O6/c1-20-26(18-36-13-15-41-16-14-36)42-29(43-27(20)23-8-6-22(19-38)7-9-23)24-10-4-21(5-11-24)17-35-28(39)25-3-2-12-37(25)30(40)31(32,33)34/h4-11,20,25-27,29,38H,2-3,12-19H2,1H3,(H,35,39)/t20-,25+,26+,27+,29+/m1/s1. The molecule has 0 unspecified atom stereocenters. The number of hydrogen-bond donors (Lipinski definition) is 2. The zero-order valence-electron chi connectivity index (χ0n) is 24.1. The third kappa shape index (κ3) is 7.55. The number of hydrogen-bond acceptors (Lipinski definition) is 7. The molecule has 3 heterocycles. The first-order valence-electron chi connectivity index (χ1n) is 14.7. The number of likely N-dealkylation sites (tertiary alicyclic amines) is 1. The fourth-order valence-corrected chi connectivity index (χ4v) is 5.91. The third-order valence-electron chi connectivity index (χ3n) is 8.44. The Kier molecular flexibility index (Phi) is 10.0. The second kappa shape index (κ2) is 13.7. The number of carbonyl (C=O) groups is 2. The van der Waals surface area contributed by atoms with Gasteiger partial charge in [0.15, 0.2) is 6.29 Å². The number of nitrogens with one attached hydrogen (secondary N) is 1. The summed E-state index contributed by atoms with van der Waals surface area (Å²) in [6, 6.07) is 13.9. The normalized spacial score (nSPS) is 26.8. The summed E-state index contributed by atoms with van der Waals surface area (Å²) in [6.45, 7) is 5.85. The number of morpholine rings is 1. The van der Waals surface area contributed by atoms with Gasteiger partial charge in [0.1, 0.15) is 6.04 Å². The highest BCUT2D eigenvalue weighted by Gasteiger charge is 2.47. The minimum atomic E-state index is -5.01. The topological polar surface area (TPSA) is 101 Å². The lowest BCUT2D eigenvalue weighted by molar-refractivity contribution is -0.277. The van der Waals surface area contributed by atoms with Gasteiger partial charge >= 0.3 is 12.1 Å². The van der Waals surface area contributed by atoms with Crippen LogP contribution in [0.2, 0.25) is 0 Å². The van der Waals surface area contributed by atoms with Crippen molar-refractivity contribution in [2.75, 3.05) is 39.4 Å². The van der Waals surface area contributed by atoms with Gasteiger partial charge in [-0.3, -0.25) is 14.5 Å². The number of nitrogens with zero attached hydrogens (tertiary/aromatic N) is 2. The summed E-state index contributed by atoms with van der Waals surface area (Å²) in [5.41, 5.74) is 3.35. The van der Waals surface area contributed by atoms with E-state index in [0.717, 1.165) is 41.9 Å². The molecule has 0 bridgehead atoms. The van der Waals surface area contributed by atoms with E-state index in [1.165, 1.54) is 0 Å². The molecule has 3 aliphatic rings. The van der Waals surface area contributed by atoms with E-state index in [-0.39, 0.29) is 44.2 Å². The van der Waals surface area contributed by atoms with Crippen LogP contribution in [0.1, 0.15) is 54.4 Å². The Labute approximate surface area is 248 Å². The Morgan fingerprint density at radius 3 is 2.26 bits per heavy atom. The smallest absolute Gasteiger partial charge is 0.392 e. The lowest BCUT2D eigenvalue weighted by Gasteiger charge is -2.43. The van der Waals surface area contributed by atoms with Crippen molar-refractivity contribution in [3.8, 4) is 0 Å². The average molecular weight is 606 g/mol. The highest BCUT2D eigenvalue weighted by Crippen LogP contribution is 2.42. The van der Waals surface area contributed by atoms with Crippen molar-refractivity contribution < 1.29 is 42.1 Å². The molecule has 43 heavy (non-hydrogen) atoms. The van der Waals surface area contributed by atoms with E-state index in [0.29, 0.717) is 24.5 Å². The van der Waals surface area contributed by atoms with Crippen LogP contribution < -0.4 is 5.32 Å². The van der Waals surface area contributed by atoms with Crippen LogP contribution in [0.3, 0.4) is 0 Å². The molecule has 0 saturated carbocycles. The summed E-state index contributed by atoms with van der Waals surface area (Å²) in [5, 5.41) is 12.1. The molecular formula is C31H38F3N3O6. The molecule has 0 aliphatic carbocycles. The Morgan fingerprint density at radius 2 is 1.60 bits per heavy atom. The number of ether oxygens (including phenoxy) is 3. The van der Waals surface area contributed by atoms with Gasteiger partial charge in [-0.15, -0.1) is 0 Å². The van der Waals surface area contributed by atoms with Crippen LogP contribution in [0.4, 0.5) is 13.2 Å². The van der Waals surface area contributed by atoms with Crippen molar-refractivity contribution in [1.82, 2.24) is 15.1 Å². The van der Waals surface area contributed by atoms with Crippen LogP contribution in [-0.2, 0) is 37.0 Å². The number of carbonyl (C=O) groups excluding carboxylic acids is 2. The molecule has 3 saturated heterocycles. The van der Waals surface area contributed by atoms with Gasteiger partial charge in [0.25, 0.3) is 0 Å². The summed E-state index contributed by atoms with van der Waals surface area (Å²) in [4.78, 5) is 27.3. The van der Waals surface area contributed by atoms with Gasteiger partial charge in [0.05, 0.1) is 32.0 Å². The summed E-state index contributed by atoms with van der Waals surface area (Å²) in [5.74, 6) is -2.54. The van der Waals surface area contributed by atoms with Gasteiger partial charge in [-0.05, 0) is 29.5 Å². The van der Waals surface area contributed by atoms with E-state index in [2.05, 4.69) is 17.1 Å². The molecule has 2 N–H and O–H groups in total. The first kappa shape index (κ1) is 31.4. The molecular weight excluding hydrogens is 567 g/mol. The predicted octanol–water partition coefficient (Wildman–Crippen LogP) is 3.47. The Hall–Kier alpha value is -3.03. The highest BCUT2D eigenvalue weighted by atomic mass is 19.4. The van der Waals surface area contributed by atoms with Crippen LogP contribution in [-0.4, -0.2) is 84.4 Å². The minimum Gasteiger partial charge on any atom is -0.392 e. The zero-order valence-corrected chi connectivity index (χ0v) is 24.1. The monoisotopic (exact) mass is 605 g/mol. The Balaban J connectivity index is 1.25. The van der Waals surface area contributed by atoms with Crippen LogP contribution in [0.5, 0.6) is 0 Å². The number of rotatable bonds is 8. The van der Waals surface area contributed by atoms with E-state index in [9.17, 15) is 27.9 Å². The molecule has 0 aromatic heterocycles. The largest absolute Gasteiger partial charge is 0.471 e. The van der Waals surface area contributed by atoms with Crippen molar-refractivity contribution in [3.05, 3.63) is 70.8 Å². The molecule has 234 valence electrons. The van der Waals surface area contributed by atoms with Gasteiger partial charge in [-0.2, -0.15) is 13.2 Å². The SMILES string of the molecule is C[C@@H]1[C@H](CN2CCOCC2)O[C@H](c2ccc(CNC(=O)[C@@H]3CCCN3C(=O)C(F)(F)F)cc2)O[C@@H]1c1ccc(CO)cc1. The minimum absolute atomic E-state index is 0.0376. The molecule has 0 radical (unpaired) electrons. The third-order valence-corrected chi connectivity index (χ3v) is 8.44. The molecule has 12 heteroatoms. The first-order chi connectivity index (χ1) is 20.6. The lowest BCUT2D eigenvalue weighted by Crippen LogP contribution is -2.50. The fraction of sp³-hybridized carbons (Fsp3) is 0.548. The van der Waals surface area contributed by atoms with Crippen LogP contribution in [0.15, 0.2) is 48.5 Å². The van der Waals surface area contributed by atoms with E-state index in [1.807, 2.05) is 48.5 Å². The van der Waals surface area contributed by atoms with Gasteiger partial charge in [0.2, 0.25) is 5.91 Å². The van der Waals surface area contributed by atoms with Crippen molar-refractivity contribution in [2.24, 2.45) is 5.92 Å². The summed E-state index contributed by atoms with van der Waals surface area (Å²) in [7, 11) is 0. The predicted molar refractivity (Wildman–Crippen MR) is 149 cm³/mol. The summed E-state index contributed by atoms with van der Waals surface area (Å²) < 4.78 is 57.3. The Morgan fingerprint density at radius 1 is 0.953 bits per heavy atom. The van der Waals surface area contributed by atoms with Gasteiger partial charge in [0, 0.05) is 44.2 Å². The van der Waals surface area contributed by atoms with Crippen molar-refractivity contribution in [1.29, 1.82) is 0 Å². The highest BCUT2D eigenvalue weighted by molar-refractivity contribution is 5.90. The molecule has 2 aromatic carbocycles. The molecule has 3 aliphatic heterocycles. The van der Waals surface area contributed by atoms with Crippen molar-refractivity contribution >= 4 is 11.8 Å². The fourth-order valence-electron chi connectivity index (χ4n) is 5.91. The molecule has 2 amide bonds. The van der Waals surface area contributed by atoms with Gasteiger partial charge in [-0.1, -0.05) is 55.5 Å². The average Bonchev–Trinajstić information content (AvgIpc) is 3.51. The molecule has 2 aromatic rings. The van der Waals surface area contributed by atoms with E-state index in [4.69, 9.17) is 14.2 Å². The summed E-state index contributed by atoms with van der Waals surface area (Å²) >= 11 is 0. The number of halogens is 3. The Bertz CT molecular complexity index is 1240. The molecule has 5 rings (SSSR count). The second-order valence-corrected chi connectivity index (χ2v) is 11.3. The van der Waals surface area contributed by atoms with Crippen LogP contribution >= 0.6 is 0 Å². The zero-order chi connectivity index (χ0) is 30.6. The molecule has 9 nitrogen and oxygen atoms in total. The van der Waals surface area contributed by atoms with Gasteiger partial charge in [-0.25, -0.2) is 0 Å². The van der Waals surface area contributed by atoms with Crippen molar-refractivity contribution in [2.45, 2.75) is 63.6 Å². The maximum absolute atomic E-state index is 12.9. The number of aliphatic hydroxyl groups is 1. The second-order valence-electron chi connectivity index (χ2n) is 11.3. The lowest BCUT2D eigenvalue weighted by atomic mass is 9.90. The molecule has 5 atom stereocenters. The van der Waals surface area contributed by atoms with Crippen molar-refractivity contribution in [3.63, 3.8) is 0 Å². The van der Waals surface area contributed by atoms with E-state index in [1.54, 1.807) is 0 Å².